The van der Waals surface area contributed by atoms with Gasteiger partial charge in [-0.05, 0) is 54.1 Å². The van der Waals surface area contributed by atoms with Gasteiger partial charge >= 0.3 is 0 Å². The Hall–Kier alpha value is -2.47. The number of hydrogen-bond acceptors (Lipinski definition) is 1. The van der Waals surface area contributed by atoms with Gasteiger partial charge in [0.2, 0.25) is 0 Å². The fraction of sp³-hybridized carbons (Fsp3) is 0.0417. The average Bonchev–Trinajstić information content (AvgIpc) is 2.75. The number of hydrogen-bond donors (Lipinski definition) is 0. The highest BCUT2D eigenvalue weighted by atomic mass is 35.5. The van der Waals surface area contributed by atoms with Crippen molar-refractivity contribution in [2.45, 2.75) is 6.16 Å². The van der Waals surface area contributed by atoms with E-state index in [2.05, 4.69) is 108 Å². The molecule has 1 heterocycles. The highest BCUT2D eigenvalue weighted by molar-refractivity contribution is 7.95. The van der Waals surface area contributed by atoms with Crippen LogP contribution in [0.4, 0.5) is 0 Å². The molecule has 4 rings (SSSR count). The van der Waals surface area contributed by atoms with Gasteiger partial charge in [-0.2, -0.15) is 0 Å². The Bertz CT molecular complexity index is 848. The molecule has 4 aromatic rings. The molecule has 0 aliphatic heterocycles. The molecular weight excluding hydrogens is 369 g/mol. The molecular formula is C24H22ClNP+. The SMILES string of the molecule is Cl.c1ccc([P+](Cc2ccncc2)(c2ccccc2)c2ccccc2)cc1. The molecule has 0 atom stereocenters. The van der Waals surface area contributed by atoms with E-state index in [1.165, 1.54) is 21.5 Å². The minimum absolute atomic E-state index is 0. The van der Waals surface area contributed by atoms with E-state index in [0.717, 1.165) is 6.16 Å². The normalized spacial score (nSPS) is 10.8. The summed E-state index contributed by atoms with van der Waals surface area (Å²) in [6.45, 7) is 0. The average molecular weight is 391 g/mol. The molecule has 1 aromatic heterocycles. The third-order valence-corrected chi connectivity index (χ3v) is 9.14. The number of halogens is 1. The standard InChI is InChI=1S/C24H21NP.ClH/c1-4-10-22(11-5-1)26(23-12-6-2-7-13-23,24-14-8-3-9-15-24)20-21-16-18-25-19-17-21;/h1-19H,20H2;1H/q+1;. The topological polar surface area (TPSA) is 12.9 Å². The molecule has 0 radical (unpaired) electrons. The zero-order valence-corrected chi connectivity index (χ0v) is 16.7. The lowest BCUT2D eigenvalue weighted by Gasteiger charge is -2.27. The minimum atomic E-state index is -1.80. The predicted octanol–water partition coefficient (Wildman–Crippen LogP) is 5.00. The number of benzene rings is 3. The van der Waals surface area contributed by atoms with Crippen molar-refractivity contribution in [3.05, 3.63) is 121 Å². The molecule has 0 bridgehead atoms. The summed E-state index contributed by atoms with van der Waals surface area (Å²) in [6, 6.07) is 37.2. The van der Waals surface area contributed by atoms with Gasteiger partial charge in [0.25, 0.3) is 0 Å². The first-order valence-electron chi connectivity index (χ1n) is 8.83. The summed E-state index contributed by atoms with van der Waals surface area (Å²) in [4.78, 5) is 4.21. The molecule has 27 heavy (non-hydrogen) atoms. The maximum atomic E-state index is 4.21. The highest BCUT2D eigenvalue weighted by Gasteiger charge is 2.45. The molecule has 3 aromatic carbocycles. The largest absolute Gasteiger partial charge is 0.265 e. The second-order valence-electron chi connectivity index (χ2n) is 6.33. The monoisotopic (exact) mass is 390 g/mol. The first kappa shape index (κ1) is 19.3. The van der Waals surface area contributed by atoms with E-state index in [1.54, 1.807) is 0 Å². The van der Waals surface area contributed by atoms with E-state index in [9.17, 15) is 0 Å². The molecule has 1 nitrogen and oxygen atoms in total. The summed E-state index contributed by atoms with van der Waals surface area (Å²) in [5.41, 5.74) is 1.32. The number of aromatic nitrogens is 1. The molecule has 0 saturated carbocycles. The second-order valence-corrected chi connectivity index (χ2v) is 9.81. The highest BCUT2D eigenvalue weighted by Crippen LogP contribution is 2.57. The Morgan fingerprint density at radius 3 is 1.26 bits per heavy atom. The van der Waals surface area contributed by atoms with Crippen LogP contribution >= 0.6 is 19.7 Å². The Balaban J connectivity index is 0.00000210. The van der Waals surface area contributed by atoms with Crippen molar-refractivity contribution in [1.29, 1.82) is 0 Å². The third kappa shape index (κ3) is 3.95. The summed E-state index contributed by atoms with van der Waals surface area (Å²) in [5.74, 6) is 0. The predicted molar refractivity (Wildman–Crippen MR) is 120 cm³/mol. The number of nitrogens with zero attached hydrogens (tertiary/aromatic N) is 1. The lowest BCUT2D eigenvalue weighted by atomic mass is 10.3. The van der Waals surface area contributed by atoms with Crippen molar-refractivity contribution in [3.8, 4) is 0 Å². The Labute approximate surface area is 167 Å². The molecule has 0 spiro atoms. The number of rotatable bonds is 5. The van der Waals surface area contributed by atoms with E-state index in [0.29, 0.717) is 0 Å². The van der Waals surface area contributed by atoms with Crippen LogP contribution in [0.2, 0.25) is 0 Å². The van der Waals surface area contributed by atoms with Gasteiger partial charge in [0.1, 0.15) is 23.2 Å². The maximum absolute atomic E-state index is 4.21. The second kappa shape index (κ2) is 8.95. The van der Waals surface area contributed by atoms with Gasteiger partial charge in [-0.25, -0.2) is 0 Å². The molecule has 0 amide bonds. The van der Waals surface area contributed by atoms with Crippen LogP contribution in [-0.2, 0) is 6.16 Å². The van der Waals surface area contributed by atoms with Crippen LogP contribution in [0.25, 0.3) is 0 Å². The maximum Gasteiger partial charge on any atom is 0.116 e. The lowest BCUT2D eigenvalue weighted by Crippen LogP contribution is -2.32. The lowest BCUT2D eigenvalue weighted by molar-refractivity contribution is 1.26. The van der Waals surface area contributed by atoms with Crippen molar-refractivity contribution < 1.29 is 0 Å². The number of pyridine rings is 1. The Morgan fingerprint density at radius 1 is 0.519 bits per heavy atom. The van der Waals surface area contributed by atoms with Crippen molar-refractivity contribution in [2.24, 2.45) is 0 Å². The van der Waals surface area contributed by atoms with Gasteiger partial charge in [-0.3, -0.25) is 4.98 Å². The summed E-state index contributed by atoms with van der Waals surface area (Å²) in [6.07, 6.45) is 4.78. The quantitative estimate of drug-likeness (QED) is 0.437. The summed E-state index contributed by atoms with van der Waals surface area (Å²) >= 11 is 0. The van der Waals surface area contributed by atoms with Crippen LogP contribution in [0.15, 0.2) is 116 Å². The summed E-state index contributed by atoms with van der Waals surface area (Å²) in [7, 11) is -1.80. The van der Waals surface area contributed by atoms with Gasteiger partial charge < -0.3 is 0 Å². The van der Waals surface area contributed by atoms with Crippen molar-refractivity contribution >= 4 is 35.6 Å². The van der Waals surface area contributed by atoms with Crippen molar-refractivity contribution in [1.82, 2.24) is 4.98 Å². The van der Waals surface area contributed by atoms with Crippen molar-refractivity contribution in [3.63, 3.8) is 0 Å². The van der Waals surface area contributed by atoms with E-state index in [1.807, 2.05) is 12.4 Å². The van der Waals surface area contributed by atoms with Crippen LogP contribution in [0, 0.1) is 0 Å². The van der Waals surface area contributed by atoms with Gasteiger partial charge in [0.15, 0.2) is 0 Å². The van der Waals surface area contributed by atoms with E-state index < -0.39 is 7.26 Å². The van der Waals surface area contributed by atoms with Gasteiger partial charge in [0, 0.05) is 12.4 Å². The van der Waals surface area contributed by atoms with Crippen molar-refractivity contribution in [2.75, 3.05) is 0 Å². The molecule has 0 unspecified atom stereocenters. The zero-order chi connectivity index (χ0) is 17.7. The molecule has 3 heteroatoms. The van der Waals surface area contributed by atoms with Crippen LogP contribution < -0.4 is 15.9 Å². The summed E-state index contributed by atoms with van der Waals surface area (Å²) < 4.78 is 0. The molecule has 0 aliphatic carbocycles. The minimum Gasteiger partial charge on any atom is -0.265 e. The fourth-order valence-corrected chi connectivity index (χ4v) is 7.77. The molecule has 0 fully saturated rings. The fourth-order valence-electron chi connectivity index (χ4n) is 3.53. The van der Waals surface area contributed by atoms with Gasteiger partial charge in [-0.15, -0.1) is 12.4 Å². The van der Waals surface area contributed by atoms with Crippen LogP contribution in [0.1, 0.15) is 5.56 Å². The van der Waals surface area contributed by atoms with E-state index >= 15 is 0 Å². The van der Waals surface area contributed by atoms with Crippen LogP contribution in [-0.4, -0.2) is 4.98 Å². The molecule has 134 valence electrons. The summed E-state index contributed by atoms with van der Waals surface area (Å²) in [5, 5.41) is 4.23. The third-order valence-electron chi connectivity index (χ3n) is 4.76. The van der Waals surface area contributed by atoms with E-state index in [-0.39, 0.29) is 12.4 Å². The smallest absolute Gasteiger partial charge is 0.116 e. The van der Waals surface area contributed by atoms with Crippen LogP contribution in [0.5, 0.6) is 0 Å². The molecule has 0 aliphatic rings. The van der Waals surface area contributed by atoms with E-state index in [4.69, 9.17) is 0 Å². The first-order valence-corrected chi connectivity index (χ1v) is 10.8. The Morgan fingerprint density at radius 2 is 0.889 bits per heavy atom. The zero-order valence-electron chi connectivity index (χ0n) is 15.0. The molecule has 0 N–H and O–H groups in total. The first-order chi connectivity index (χ1) is 12.9. The molecule has 0 saturated heterocycles. The van der Waals surface area contributed by atoms with Crippen LogP contribution in [0.3, 0.4) is 0 Å². The van der Waals surface area contributed by atoms with Gasteiger partial charge in [-0.1, -0.05) is 54.6 Å². The Kier molecular flexibility index (Phi) is 6.40. The van der Waals surface area contributed by atoms with Gasteiger partial charge in [0.05, 0.1) is 6.16 Å².